The van der Waals surface area contributed by atoms with Crippen LogP contribution in [0, 0.1) is 6.92 Å². The zero-order valence-corrected chi connectivity index (χ0v) is 7.85. The molecule has 1 N–H and O–H groups in total. The summed E-state index contributed by atoms with van der Waals surface area (Å²) in [7, 11) is 0. The van der Waals surface area contributed by atoms with Crippen LogP contribution in [0.4, 0.5) is 0 Å². The first-order valence-corrected chi connectivity index (χ1v) is 4.15. The van der Waals surface area contributed by atoms with Gasteiger partial charge in [0.25, 0.3) is 0 Å². The summed E-state index contributed by atoms with van der Waals surface area (Å²) in [6.45, 7) is 4.27. The SMILES string of the molecule is CCOc1cc(C)cc(Cl)c1O. The van der Waals surface area contributed by atoms with E-state index in [4.69, 9.17) is 16.3 Å². The third kappa shape index (κ3) is 1.83. The molecule has 2 nitrogen and oxygen atoms in total. The van der Waals surface area contributed by atoms with Crippen molar-refractivity contribution in [3.8, 4) is 11.5 Å². The van der Waals surface area contributed by atoms with Crippen LogP contribution >= 0.6 is 11.6 Å². The number of phenols is 1. The number of aryl methyl sites for hydroxylation is 1. The Morgan fingerprint density at radius 3 is 2.75 bits per heavy atom. The van der Waals surface area contributed by atoms with Crippen LogP contribution in [0.15, 0.2) is 12.1 Å². The fraction of sp³-hybridized carbons (Fsp3) is 0.333. The van der Waals surface area contributed by atoms with Gasteiger partial charge < -0.3 is 9.84 Å². The maximum atomic E-state index is 9.40. The van der Waals surface area contributed by atoms with Crippen LogP contribution in [0.3, 0.4) is 0 Å². The van der Waals surface area contributed by atoms with Crippen molar-refractivity contribution >= 4 is 11.6 Å². The van der Waals surface area contributed by atoms with Gasteiger partial charge in [0.05, 0.1) is 11.6 Å². The van der Waals surface area contributed by atoms with Crippen molar-refractivity contribution in [2.24, 2.45) is 0 Å². The normalized spacial score (nSPS) is 9.92. The fourth-order valence-electron chi connectivity index (χ4n) is 0.968. The fourth-order valence-corrected chi connectivity index (χ4v) is 1.23. The van der Waals surface area contributed by atoms with Crippen LogP contribution in [-0.2, 0) is 0 Å². The van der Waals surface area contributed by atoms with E-state index < -0.39 is 0 Å². The molecule has 0 aliphatic carbocycles. The number of hydrogen-bond acceptors (Lipinski definition) is 2. The summed E-state index contributed by atoms with van der Waals surface area (Å²) >= 11 is 5.72. The quantitative estimate of drug-likeness (QED) is 0.770. The van der Waals surface area contributed by atoms with E-state index in [0.717, 1.165) is 5.56 Å². The van der Waals surface area contributed by atoms with Gasteiger partial charge in [0.1, 0.15) is 0 Å². The van der Waals surface area contributed by atoms with Gasteiger partial charge in [-0.25, -0.2) is 0 Å². The number of phenolic OH excluding ortho intramolecular Hbond substituents is 1. The van der Waals surface area contributed by atoms with Crippen LogP contribution < -0.4 is 4.74 Å². The Labute approximate surface area is 76.7 Å². The largest absolute Gasteiger partial charge is 0.503 e. The first kappa shape index (κ1) is 9.20. The number of halogens is 1. The second kappa shape index (κ2) is 3.68. The number of rotatable bonds is 2. The molecule has 0 saturated heterocycles. The molecule has 1 aromatic rings. The molecular weight excluding hydrogens is 176 g/mol. The molecule has 0 saturated carbocycles. The van der Waals surface area contributed by atoms with Crippen LogP contribution in [0.25, 0.3) is 0 Å². The van der Waals surface area contributed by atoms with Crippen molar-refractivity contribution in [1.29, 1.82) is 0 Å². The Bertz CT molecular complexity index is 284. The molecule has 0 heterocycles. The van der Waals surface area contributed by atoms with Gasteiger partial charge in [0.15, 0.2) is 11.5 Å². The first-order valence-electron chi connectivity index (χ1n) is 3.77. The Hall–Kier alpha value is -0.890. The van der Waals surface area contributed by atoms with E-state index in [9.17, 15) is 5.11 Å². The monoisotopic (exact) mass is 186 g/mol. The van der Waals surface area contributed by atoms with Crippen molar-refractivity contribution < 1.29 is 9.84 Å². The predicted molar refractivity (Wildman–Crippen MR) is 49.0 cm³/mol. The molecule has 0 aliphatic heterocycles. The summed E-state index contributed by atoms with van der Waals surface area (Å²) < 4.78 is 5.16. The minimum Gasteiger partial charge on any atom is -0.503 e. The lowest BCUT2D eigenvalue weighted by atomic mass is 10.2. The van der Waals surface area contributed by atoms with Gasteiger partial charge in [-0.05, 0) is 31.5 Å². The molecular formula is C9H11ClO2. The van der Waals surface area contributed by atoms with Gasteiger partial charge in [-0.1, -0.05) is 11.6 Å². The van der Waals surface area contributed by atoms with E-state index in [2.05, 4.69) is 0 Å². The maximum absolute atomic E-state index is 9.40. The van der Waals surface area contributed by atoms with Gasteiger partial charge in [0.2, 0.25) is 0 Å². The summed E-state index contributed by atoms with van der Waals surface area (Å²) in [5.74, 6) is 0.464. The highest BCUT2D eigenvalue weighted by Gasteiger charge is 2.06. The zero-order valence-electron chi connectivity index (χ0n) is 7.10. The third-order valence-corrected chi connectivity index (χ3v) is 1.76. The van der Waals surface area contributed by atoms with Crippen molar-refractivity contribution in [3.63, 3.8) is 0 Å². The van der Waals surface area contributed by atoms with Crippen molar-refractivity contribution in [3.05, 3.63) is 22.7 Å². The molecule has 0 amide bonds. The Kier molecular flexibility index (Phi) is 2.82. The minimum atomic E-state index is 0.0177. The molecule has 1 aromatic carbocycles. The van der Waals surface area contributed by atoms with Crippen LogP contribution in [0.5, 0.6) is 11.5 Å². The molecule has 0 aromatic heterocycles. The van der Waals surface area contributed by atoms with E-state index >= 15 is 0 Å². The number of ether oxygens (including phenoxy) is 1. The molecule has 66 valence electrons. The summed E-state index contributed by atoms with van der Waals surface area (Å²) in [6.07, 6.45) is 0. The highest BCUT2D eigenvalue weighted by molar-refractivity contribution is 6.32. The summed E-state index contributed by atoms with van der Waals surface area (Å²) in [4.78, 5) is 0. The van der Waals surface area contributed by atoms with Gasteiger partial charge in [-0.15, -0.1) is 0 Å². The lowest BCUT2D eigenvalue weighted by Crippen LogP contribution is -1.92. The molecule has 0 bridgehead atoms. The second-order valence-electron chi connectivity index (χ2n) is 2.53. The van der Waals surface area contributed by atoms with E-state index in [0.29, 0.717) is 17.4 Å². The molecule has 0 radical (unpaired) electrons. The maximum Gasteiger partial charge on any atom is 0.176 e. The molecule has 3 heteroatoms. The molecule has 0 fully saturated rings. The average Bonchev–Trinajstić information content (AvgIpc) is 2.00. The summed E-state index contributed by atoms with van der Waals surface area (Å²) in [6, 6.07) is 3.45. The highest BCUT2D eigenvalue weighted by atomic mass is 35.5. The summed E-state index contributed by atoms with van der Waals surface area (Å²) in [5, 5.41) is 9.73. The minimum absolute atomic E-state index is 0.0177. The van der Waals surface area contributed by atoms with Crippen LogP contribution in [-0.4, -0.2) is 11.7 Å². The summed E-state index contributed by atoms with van der Waals surface area (Å²) in [5.41, 5.74) is 0.973. The van der Waals surface area contributed by atoms with E-state index in [1.54, 1.807) is 12.1 Å². The van der Waals surface area contributed by atoms with Gasteiger partial charge >= 0.3 is 0 Å². The standard InChI is InChI=1S/C9H11ClO2/c1-3-12-8-5-6(2)4-7(10)9(8)11/h4-5,11H,3H2,1-2H3. The lowest BCUT2D eigenvalue weighted by Gasteiger charge is -2.07. The van der Waals surface area contributed by atoms with E-state index in [-0.39, 0.29) is 5.75 Å². The van der Waals surface area contributed by atoms with Gasteiger partial charge in [-0.3, -0.25) is 0 Å². The third-order valence-electron chi connectivity index (χ3n) is 1.47. The van der Waals surface area contributed by atoms with E-state index in [1.165, 1.54) is 0 Å². The predicted octanol–water partition coefficient (Wildman–Crippen LogP) is 2.75. The topological polar surface area (TPSA) is 29.5 Å². The number of aromatic hydroxyl groups is 1. The molecule has 0 unspecified atom stereocenters. The Balaban J connectivity index is 3.09. The Morgan fingerprint density at radius 2 is 2.17 bits per heavy atom. The zero-order chi connectivity index (χ0) is 9.14. The second-order valence-corrected chi connectivity index (χ2v) is 2.93. The smallest absolute Gasteiger partial charge is 0.176 e. The molecule has 1 rings (SSSR count). The van der Waals surface area contributed by atoms with Crippen molar-refractivity contribution in [2.45, 2.75) is 13.8 Å². The highest BCUT2D eigenvalue weighted by Crippen LogP contribution is 2.34. The van der Waals surface area contributed by atoms with Crippen LogP contribution in [0.1, 0.15) is 12.5 Å². The van der Waals surface area contributed by atoms with Crippen LogP contribution in [0.2, 0.25) is 5.02 Å². The lowest BCUT2D eigenvalue weighted by molar-refractivity contribution is 0.318. The van der Waals surface area contributed by atoms with Gasteiger partial charge in [-0.2, -0.15) is 0 Å². The molecule has 0 atom stereocenters. The Morgan fingerprint density at radius 1 is 1.50 bits per heavy atom. The molecule has 12 heavy (non-hydrogen) atoms. The van der Waals surface area contributed by atoms with Crippen molar-refractivity contribution in [1.82, 2.24) is 0 Å². The van der Waals surface area contributed by atoms with Crippen molar-refractivity contribution in [2.75, 3.05) is 6.61 Å². The molecule has 0 aliphatic rings. The molecule has 0 spiro atoms. The average molecular weight is 187 g/mol. The van der Waals surface area contributed by atoms with Gasteiger partial charge in [0, 0.05) is 0 Å². The number of hydrogen-bond donors (Lipinski definition) is 1. The first-order chi connectivity index (χ1) is 5.65. The number of benzene rings is 1. The van der Waals surface area contributed by atoms with E-state index in [1.807, 2.05) is 13.8 Å².